The zero-order valence-corrected chi connectivity index (χ0v) is 29.5. The van der Waals surface area contributed by atoms with Crippen LogP contribution >= 0.6 is 0 Å². The molecule has 0 aromatic carbocycles. The molecule has 0 bridgehead atoms. The second-order valence-electron chi connectivity index (χ2n) is 13.1. The molecule has 0 saturated heterocycles. The molecule has 17 nitrogen and oxygen atoms in total. The van der Waals surface area contributed by atoms with Crippen LogP contribution in [0.4, 0.5) is 0 Å². The van der Waals surface area contributed by atoms with Gasteiger partial charge in [0.25, 0.3) is 0 Å². The van der Waals surface area contributed by atoms with E-state index in [-0.39, 0.29) is 55.9 Å². The van der Waals surface area contributed by atoms with Crippen molar-refractivity contribution >= 4 is 41.5 Å². The van der Waals surface area contributed by atoms with Gasteiger partial charge in [-0.3, -0.25) is 29.0 Å². The van der Waals surface area contributed by atoms with E-state index >= 15 is 0 Å². The van der Waals surface area contributed by atoms with Crippen LogP contribution in [-0.4, -0.2) is 101 Å². The number of carbonyl (C=O) groups is 6. The van der Waals surface area contributed by atoms with Gasteiger partial charge in [0.15, 0.2) is 12.0 Å². The molecule has 13 N–H and O–H groups in total. The van der Waals surface area contributed by atoms with Crippen molar-refractivity contribution in [1.29, 1.82) is 0 Å². The van der Waals surface area contributed by atoms with Crippen molar-refractivity contribution < 1.29 is 39.0 Å². The zero-order chi connectivity index (χ0) is 37.3. The molecule has 0 rings (SSSR count). The van der Waals surface area contributed by atoms with Crippen LogP contribution in [0.25, 0.3) is 0 Å². The number of carboxylic acid groups (broad SMARTS) is 1. The first-order valence-electron chi connectivity index (χ1n) is 16.4. The highest BCUT2D eigenvalue weighted by molar-refractivity contribution is 5.96. The fourth-order valence-corrected chi connectivity index (χ4v) is 4.55. The van der Waals surface area contributed by atoms with Gasteiger partial charge in [-0.15, -0.1) is 0 Å². The van der Waals surface area contributed by atoms with E-state index in [9.17, 15) is 39.0 Å². The van der Waals surface area contributed by atoms with Gasteiger partial charge in [0.05, 0.1) is 12.1 Å². The highest BCUT2D eigenvalue weighted by Gasteiger charge is 2.33. The summed E-state index contributed by atoms with van der Waals surface area (Å²) >= 11 is 0. The molecular weight excluding hydrogens is 626 g/mol. The molecule has 17 heteroatoms. The topological polar surface area (TPSA) is 293 Å². The molecule has 8 atom stereocenters. The summed E-state index contributed by atoms with van der Waals surface area (Å²) in [5, 5.41) is 31.9. The molecule has 48 heavy (non-hydrogen) atoms. The number of nitrogens with one attached hydrogen (secondary N) is 5. The SMILES string of the molecule is CC[C@H](C)[C@H](N)C(=O)N[C@@H](C)C(=O)N[C@@H](CCCN=C(N)N)C(=O)N[C@@H](CC(C)C)C(=O)N[C@@H](CC(C)C)C(=O)N[C@H](C(=O)O)[C@@H](C)O. The summed E-state index contributed by atoms with van der Waals surface area (Å²) in [7, 11) is 0. The Morgan fingerprint density at radius 2 is 1.15 bits per heavy atom. The lowest BCUT2D eigenvalue weighted by Crippen LogP contribution is -2.60. The van der Waals surface area contributed by atoms with Gasteiger partial charge in [-0.05, 0) is 57.3 Å². The van der Waals surface area contributed by atoms with Crippen molar-refractivity contribution in [3.63, 3.8) is 0 Å². The van der Waals surface area contributed by atoms with E-state index in [0.717, 1.165) is 0 Å². The van der Waals surface area contributed by atoms with Gasteiger partial charge in [0, 0.05) is 6.54 Å². The number of aliphatic hydroxyl groups excluding tert-OH is 1. The molecular formula is C31H59N9O8. The molecule has 0 spiro atoms. The van der Waals surface area contributed by atoms with Gasteiger partial charge in [0.2, 0.25) is 29.5 Å². The maximum absolute atomic E-state index is 13.6. The van der Waals surface area contributed by atoms with E-state index in [4.69, 9.17) is 17.2 Å². The van der Waals surface area contributed by atoms with Crippen molar-refractivity contribution in [2.75, 3.05) is 6.54 Å². The number of aliphatic imine (C=N–C) groups is 1. The second kappa shape index (κ2) is 21.8. The monoisotopic (exact) mass is 685 g/mol. The molecule has 0 aliphatic rings. The number of rotatable bonds is 22. The summed E-state index contributed by atoms with van der Waals surface area (Å²) in [4.78, 5) is 81.3. The molecule has 0 aromatic rings. The van der Waals surface area contributed by atoms with E-state index in [1.807, 2.05) is 27.7 Å². The fourth-order valence-electron chi connectivity index (χ4n) is 4.55. The summed E-state index contributed by atoms with van der Waals surface area (Å²) in [6, 6.07) is -6.95. The van der Waals surface area contributed by atoms with Crippen molar-refractivity contribution in [3.05, 3.63) is 0 Å². The van der Waals surface area contributed by atoms with Gasteiger partial charge < -0.3 is 54.0 Å². The standard InChI is InChI=1S/C31H59N9O8/c1-9-17(6)23(32)29(46)36-18(7)25(42)37-20(11-10-12-35-31(33)34)26(43)38-21(13-15(2)3)27(44)39-22(14-16(4)5)28(45)40-24(19(8)41)30(47)48/h15-24,41H,9-14,32H2,1-8H3,(H,36,46)(H,37,42)(H,38,43)(H,39,44)(H,40,45)(H,47,48)(H4,33,34,35)/t17-,18-,19+,20-,21-,22-,23-,24-/m0/s1. The van der Waals surface area contributed by atoms with E-state index in [1.165, 1.54) is 13.8 Å². The van der Waals surface area contributed by atoms with E-state index in [1.54, 1.807) is 13.8 Å². The smallest absolute Gasteiger partial charge is 0.328 e. The first-order chi connectivity index (χ1) is 22.2. The quantitative estimate of drug-likeness (QED) is 0.0352. The van der Waals surface area contributed by atoms with Gasteiger partial charge in [-0.2, -0.15) is 0 Å². The normalized spacial score (nSPS) is 16.2. The minimum atomic E-state index is -1.60. The predicted molar refractivity (Wildman–Crippen MR) is 181 cm³/mol. The summed E-state index contributed by atoms with van der Waals surface area (Å²) in [6.07, 6.45) is -0.0890. The number of hydrogen-bond donors (Lipinski definition) is 10. The third kappa shape index (κ3) is 16.7. The Morgan fingerprint density at radius 3 is 1.56 bits per heavy atom. The van der Waals surface area contributed by atoms with Crippen LogP contribution < -0.4 is 43.8 Å². The molecule has 0 aliphatic heterocycles. The van der Waals surface area contributed by atoms with E-state index in [2.05, 4.69) is 31.6 Å². The minimum Gasteiger partial charge on any atom is -0.480 e. The predicted octanol–water partition coefficient (Wildman–Crippen LogP) is -1.59. The minimum absolute atomic E-state index is 0.0751. The molecule has 0 aliphatic carbocycles. The summed E-state index contributed by atoms with van der Waals surface area (Å²) < 4.78 is 0. The zero-order valence-electron chi connectivity index (χ0n) is 29.5. The van der Waals surface area contributed by atoms with E-state index < -0.39 is 77.9 Å². The number of aliphatic hydroxyl groups is 1. The van der Waals surface area contributed by atoms with Crippen molar-refractivity contribution in [1.82, 2.24) is 26.6 Å². The summed E-state index contributed by atoms with van der Waals surface area (Å²) in [5.74, 6) is -5.30. The van der Waals surface area contributed by atoms with Gasteiger partial charge >= 0.3 is 5.97 Å². The van der Waals surface area contributed by atoms with Crippen LogP contribution in [0.15, 0.2) is 4.99 Å². The molecule has 0 saturated carbocycles. The highest BCUT2D eigenvalue weighted by atomic mass is 16.4. The van der Waals surface area contributed by atoms with Crippen LogP contribution in [0.2, 0.25) is 0 Å². The van der Waals surface area contributed by atoms with Crippen LogP contribution in [-0.2, 0) is 28.8 Å². The summed E-state index contributed by atoms with van der Waals surface area (Å²) in [6.45, 7) is 13.8. The molecule has 5 amide bonds. The van der Waals surface area contributed by atoms with Gasteiger partial charge in [-0.25, -0.2) is 4.79 Å². The number of carboxylic acids is 1. The van der Waals surface area contributed by atoms with Crippen LogP contribution in [0, 0.1) is 17.8 Å². The summed E-state index contributed by atoms with van der Waals surface area (Å²) in [5.41, 5.74) is 16.8. The number of nitrogens with zero attached hydrogens (tertiary/aromatic N) is 1. The number of hydrogen-bond acceptors (Lipinski definition) is 9. The molecule has 0 unspecified atom stereocenters. The van der Waals surface area contributed by atoms with Crippen molar-refractivity contribution in [2.24, 2.45) is 39.9 Å². The first-order valence-corrected chi connectivity index (χ1v) is 16.4. The lowest BCUT2D eigenvalue weighted by Gasteiger charge is -2.28. The third-order valence-electron chi connectivity index (χ3n) is 7.62. The Hall–Kier alpha value is -3.99. The molecule has 0 heterocycles. The Kier molecular flexibility index (Phi) is 20.0. The highest BCUT2D eigenvalue weighted by Crippen LogP contribution is 2.11. The molecule has 276 valence electrons. The number of amides is 5. The lowest BCUT2D eigenvalue weighted by atomic mass is 9.99. The van der Waals surface area contributed by atoms with Gasteiger partial charge in [-0.1, -0.05) is 48.0 Å². The van der Waals surface area contributed by atoms with E-state index in [0.29, 0.717) is 6.42 Å². The maximum atomic E-state index is 13.6. The Bertz CT molecular complexity index is 1110. The van der Waals surface area contributed by atoms with Crippen LogP contribution in [0.3, 0.4) is 0 Å². The Labute approximate surface area is 283 Å². The number of guanidine groups is 1. The fraction of sp³-hybridized carbons (Fsp3) is 0.774. The van der Waals surface area contributed by atoms with Crippen molar-refractivity contribution in [2.45, 2.75) is 130 Å². The lowest BCUT2D eigenvalue weighted by molar-refractivity contribution is -0.145. The van der Waals surface area contributed by atoms with Crippen molar-refractivity contribution in [3.8, 4) is 0 Å². The molecule has 0 aromatic heterocycles. The molecule has 0 fully saturated rings. The number of aliphatic carboxylic acids is 1. The van der Waals surface area contributed by atoms with Gasteiger partial charge in [0.1, 0.15) is 24.2 Å². The number of nitrogens with two attached hydrogens (primary N) is 3. The maximum Gasteiger partial charge on any atom is 0.328 e. The largest absolute Gasteiger partial charge is 0.480 e. The van der Waals surface area contributed by atoms with Crippen LogP contribution in [0.1, 0.15) is 87.5 Å². The Morgan fingerprint density at radius 1 is 0.688 bits per heavy atom. The molecule has 0 radical (unpaired) electrons. The number of carbonyl (C=O) groups excluding carboxylic acids is 5. The third-order valence-corrected chi connectivity index (χ3v) is 7.62. The average Bonchev–Trinajstić information content (AvgIpc) is 2.98. The first kappa shape index (κ1) is 44.0. The van der Waals surface area contributed by atoms with Crippen LogP contribution in [0.5, 0.6) is 0 Å². The average molecular weight is 686 g/mol. The Balaban J connectivity index is 6.07. The second-order valence-corrected chi connectivity index (χ2v) is 13.1.